The first-order valence-corrected chi connectivity index (χ1v) is 6.83. The number of rotatable bonds is 7. The van der Waals surface area contributed by atoms with Crippen LogP contribution in [0.4, 0.5) is 0 Å². The molecule has 0 spiro atoms. The number of hydrogen-bond acceptors (Lipinski definition) is 5. The maximum Gasteiger partial charge on any atom is 0.371 e. The summed E-state index contributed by atoms with van der Waals surface area (Å²) < 4.78 is 15.4. The molecular weight excluding hydrogens is 302 g/mol. The molecule has 0 aliphatic rings. The van der Waals surface area contributed by atoms with Gasteiger partial charge in [-0.05, 0) is 29.8 Å². The third kappa shape index (κ3) is 4.26. The van der Waals surface area contributed by atoms with Gasteiger partial charge in [-0.1, -0.05) is 6.07 Å². The highest BCUT2D eigenvalue weighted by Crippen LogP contribution is 2.27. The van der Waals surface area contributed by atoms with Crippen molar-refractivity contribution in [2.24, 2.45) is 0 Å². The first kappa shape index (κ1) is 16.4. The SMILES string of the molecule is COc1ccc(CC(=O)NCc2ccc(C(=O)O)o2)cc1OC. The predicted molar refractivity (Wildman–Crippen MR) is 80.8 cm³/mol. The average Bonchev–Trinajstić information content (AvgIpc) is 3.02. The van der Waals surface area contributed by atoms with Crippen LogP contribution in [0.15, 0.2) is 34.7 Å². The Hall–Kier alpha value is -2.96. The molecule has 0 bridgehead atoms. The zero-order valence-electron chi connectivity index (χ0n) is 12.8. The summed E-state index contributed by atoms with van der Waals surface area (Å²) in [6, 6.07) is 8.09. The van der Waals surface area contributed by atoms with E-state index in [0.29, 0.717) is 17.3 Å². The van der Waals surface area contributed by atoms with Crippen molar-refractivity contribution in [3.8, 4) is 11.5 Å². The molecule has 2 N–H and O–H groups in total. The van der Waals surface area contributed by atoms with Gasteiger partial charge in [-0.15, -0.1) is 0 Å². The second-order valence-corrected chi connectivity index (χ2v) is 4.71. The van der Waals surface area contributed by atoms with Gasteiger partial charge in [0.05, 0.1) is 27.2 Å². The van der Waals surface area contributed by atoms with E-state index >= 15 is 0 Å². The summed E-state index contributed by atoms with van der Waals surface area (Å²) in [6.45, 7) is 0.124. The van der Waals surface area contributed by atoms with E-state index in [4.69, 9.17) is 19.0 Å². The number of benzene rings is 1. The monoisotopic (exact) mass is 319 g/mol. The third-order valence-corrected chi connectivity index (χ3v) is 3.14. The van der Waals surface area contributed by atoms with Crippen LogP contribution in [-0.4, -0.2) is 31.2 Å². The second kappa shape index (κ2) is 7.35. The van der Waals surface area contributed by atoms with Crippen molar-refractivity contribution in [1.82, 2.24) is 5.32 Å². The summed E-state index contributed by atoms with van der Waals surface area (Å²) >= 11 is 0. The van der Waals surface area contributed by atoms with E-state index in [2.05, 4.69) is 5.32 Å². The van der Waals surface area contributed by atoms with Crippen LogP contribution in [0.1, 0.15) is 21.9 Å². The van der Waals surface area contributed by atoms with Crippen molar-refractivity contribution in [3.05, 3.63) is 47.4 Å². The minimum Gasteiger partial charge on any atom is -0.493 e. The van der Waals surface area contributed by atoms with Crippen molar-refractivity contribution >= 4 is 11.9 Å². The Kier molecular flexibility index (Phi) is 5.24. The van der Waals surface area contributed by atoms with E-state index in [1.807, 2.05) is 0 Å². The average molecular weight is 319 g/mol. The fourth-order valence-electron chi connectivity index (χ4n) is 2.01. The van der Waals surface area contributed by atoms with Crippen LogP contribution in [0.2, 0.25) is 0 Å². The molecule has 0 radical (unpaired) electrons. The van der Waals surface area contributed by atoms with Gasteiger partial charge in [0.15, 0.2) is 11.5 Å². The third-order valence-electron chi connectivity index (χ3n) is 3.14. The topological polar surface area (TPSA) is 98.0 Å². The van der Waals surface area contributed by atoms with Crippen LogP contribution in [0.5, 0.6) is 11.5 Å². The molecule has 7 nitrogen and oxygen atoms in total. The van der Waals surface area contributed by atoms with Gasteiger partial charge < -0.3 is 24.3 Å². The van der Waals surface area contributed by atoms with E-state index in [-0.39, 0.29) is 24.6 Å². The van der Waals surface area contributed by atoms with Crippen LogP contribution < -0.4 is 14.8 Å². The van der Waals surface area contributed by atoms with Crippen molar-refractivity contribution in [2.75, 3.05) is 14.2 Å². The normalized spacial score (nSPS) is 10.2. The van der Waals surface area contributed by atoms with Crippen LogP contribution in [0.25, 0.3) is 0 Å². The number of hydrogen-bond donors (Lipinski definition) is 2. The molecule has 0 saturated heterocycles. The largest absolute Gasteiger partial charge is 0.493 e. The Balaban J connectivity index is 1.92. The van der Waals surface area contributed by atoms with Gasteiger partial charge >= 0.3 is 5.97 Å². The smallest absolute Gasteiger partial charge is 0.371 e. The summed E-state index contributed by atoms with van der Waals surface area (Å²) in [7, 11) is 3.07. The molecule has 0 fully saturated rings. The molecule has 0 unspecified atom stereocenters. The fourth-order valence-corrected chi connectivity index (χ4v) is 2.01. The minimum atomic E-state index is -1.15. The molecule has 2 aromatic rings. The summed E-state index contributed by atoms with van der Waals surface area (Å²) in [5.74, 6) is -0.000945. The van der Waals surface area contributed by atoms with Crippen LogP contribution in [0.3, 0.4) is 0 Å². The van der Waals surface area contributed by atoms with Crippen molar-refractivity contribution in [2.45, 2.75) is 13.0 Å². The van der Waals surface area contributed by atoms with E-state index in [0.717, 1.165) is 5.56 Å². The van der Waals surface area contributed by atoms with E-state index in [1.54, 1.807) is 25.3 Å². The molecule has 23 heavy (non-hydrogen) atoms. The lowest BCUT2D eigenvalue weighted by Crippen LogP contribution is -2.24. The Morgan fingerprint density at radius 1 is 1.13 bits per heavy atom. The number of methoxy groups -OCH3 is 2. The number of furan rings is 1. The zero-order chi connectivity index (χ0) is 16.8. The maximum absolute atomic E-state index is 11.9. The standard InChI is InChI=1S/C16H17NO6/c1-21-12-5-3-10(7-14(12)22-2)8-15(18)17-9-11-4-6-13(23-11)16(19)20/h3-7H,8-9H2,1-2H3,(H,17,18)(H,19,20). The summed E-state index contributed by atoms with van der Waals surface area (Å²) in [6.07, 6.45) is 0.160. The molecule has 7 heteroatoms. The minimum absolute atomic E-state index is 0.124. The summed E-state index contributed by atoms with van der Waals surface area (Å²) in [4.78, 5) is 22.6. The first-order valence-electron chi connectivity index (χ1n) is 6.83. The van der Waals surface area contributed by atoms with Gasteiger partial charge in [-0.3, -0.25) is 4.79 Å². The second-order valence-electron chi connectivity index (χ2n) is 4.71. The van der Waals surface area contributed by atoms with E-state index in [9.17, 15) is 9.59 Å². The van der Waals surface area contributed by atoms with Crippen molar-refractivity contribution < 1.29 is 28.6 Å². The molecule has 1 heterocycles. The molecule has 0 aliphatic carbocycles. The summed E-state index contributed by atoms with van der Waals surface area (Å²) in [5, 5.41) is 11.4. The number of ether oxygens (including phenoxy) is 2. The molecule has 2 rings (SSSR count). The lowest BCUT2D eigenvalue weighted by Gasteiger charge is -2.09. The molecular formula is C16H17NO6. The Labute approximate surface area is 132 Å². The number of carboxylic acid groups (broad SMARTS) is 1. The number of carbonyl (C=O) groups is 2. The number of amides is 1. The fraction of sp³-hybridized carbons (Fsp3) is 0.250. The molecule has 122 valence electrons. The van der Waals surface area contributed by atoms with Crippen molar-refractivity contribution in [3.63, 3.8) is 0 Å². The van der Waals surface area contributed by atoms with Crippen LogP contribution in [0, 0.1) is 0 Å². The summed E-state index contributed by atoms with van der Waals surface area (Å²) in [5.41, 5.74) is 0.769. The lowest BCUT2D eigenvalue weighted by molar-refractivity contribution is -0.120. The van der Waals surface area contributed by atoms with Crippen LogP contribution >= 0.6 is 0 Å². The number of nitrogens with one attached hydrogen (secondary N) is 1. The van der Waals surface area contributed by atoms with Gasteiger partial charge in [-0.25, -0.2) is 4.79 Å². The molecule has 0 saturated carbocycles. The Bertz CT molecular complexity index is 706. The predicted octanol–water partition coefficient (Wildman–Crippen LogP) is 1.85. The quantitative estimate of drug-likeness (QED) is 0.808. The van der Waals surface area contributed by atoms with Gasteiger partial charge in [-0.2, -0.15) is 0 Å². The highest BCUT2D eigenvalue weighted by molar-refractivity contribution is 5.84. The molecule has 1 aromatic heterocycles. The molecule has 1 aromatic carbocycles. The number of carboxylic acids is 1. The highest BCUT2D eigenvalue weighted by atomic mass is 16.5. The first-order chi connectivity index (χ1) is 11.0. The van der Waals surface area contributed by atoms with E-state index in [1.165, 1.54) is 19.2 Å². The van der Waals surface area contributed by atoms with E-state index < -0.39 is 5.97 Å². The molecule has 1 amide bonds. The molecule has 0 atom stereocenters. The Morgan fingerprint density at radius 3 is 2.48 bits per heavy atom. The van der Waals surface area contributed by atoms with Gasteiger partial charge in [0.1, 0.15) is 5.76 Å². The van der Waals surface area contributed by atoms with Crippen molar-refractivity contribution in [1.29, 1.82) is 0 Å². The maximum atomic E-state index is 11.9. The molecule has 0 aliphatic heterocycles. The number of carbonyl (C=O) groups excluding carboxylic acids is 1. The number of aromatic carboxylic acids is 1. The zero-order valence-corrected chi connectivity index (χ0v) is 12.8. The van der Waals surface area contributed by atoms with Gasteiger partial charge in [0.2, 0.25) is 11.7 Å². The van der Waals surface area contributed by atoms with Crippen LogP contribution in [-0.2, 0) is 17.8 Å². The highest BCUT2D eigenvalue weighted by Gasteiger charge is 2.11. The van der Waals surface area contributed by atoms with Gasteiger partial charge in [0, 0.05) is 0 Å². The van der Waals surface area contributed by atoms with Gasteiger partial charge in [0.25, 0.3) is 0 Å². The lowest BCUT2D eigenvalue weighted by atomic mass is 10.1. The Morgan fingerprint density at radius 2 is 1.87 bits per heavy atom.